The van der Waals surface area contributed by atoms with Crippen LogP contribution >= 0.6 is 0 Å². The molecule has 0 unspecified atom stereocenters. The van der Waals surface area contributed by atoms with E-state index in [1.807, 2.05) is 0 Å². The first kappa shape index (κ1) is 10.8. The van der Waals surface area contributed by atoms with Crippen LogP contribution < -0.4 is 0 Å². The summed E-state index contributed by atoms with van der Waals surface area (Å²) in [6.07, 6.45) is 7.50. The molecule has 16 heavy (non-hydrogen) atoms. The summed E-state index contributed by atoms with van der Waals surface area (Å²) in [5.41, 5.74) is 0.809. The molecular formula is C15H24O. The standard InChI is InChI=1S/C15H24O/c1-14(2,3)12-10-6-4-8-15(10)9-5-7-11(16)13(12)15/h10,12-13H,4-9H2,1-3H3/t10-,12+,13-,15+/m0/s1. The van der Waals surface area contributed by atoms with E-state index in [1.165, 1.54) is 32.1 Å². The lowest BCUT2D eigenvalue weighted by atomic mass is 9.39. The molecule has 0 amide bonds. The Balaban J connectivity index is 1.96. The summed E-state index contributed by atoms with van der Waals surface area (Å²) >= 11 is 0. The predicted octanol–water partition coefficient (Wildman–Crippen LogP) is 3.82. The van der Waals surface area contributed by atoms with Gasteiger partial charge >= 0.3 is 0 Å². The Morgan fingerprint density at radius 2 is 1.88 bits per heavy atom. The molecule has 0 radical (unpaired) electrons. The Labute approximate surface area is 99.0 Å². The second kappa shape index (κ2) is 3.11. The molecule has 0 aromatic rings. The van der Waals surface area contributed by atoms with Crippen molar-refractivity contribution in [3.05, 3.63) is 0 Å². The van der Waals surface area contributed by atoms with Gasteiger partial charge in [-0.3, -0.25) is 4.79 Å². The third-order valence-electron chi connectivity index (χ3n) is 5.72. The van der Waals surface area contributed by atoms with Gasteiger partial charge in [-0.25, -0.2) is 0 Å². The highest BCUT2D eigenvalue weighted by Gasteiger charge is 2.68. The molecule has 3 aliphatic rings. The topological polar surface area (TPSA) is 17.1 Å². The van der Waals surface area contributed by atoms with E-state index in [9.17, 15) is 4.79 Å². The minimum Gasteiger partial charge on any atom is -0.299 e. The lowest BCUT2D eigenvalue weighted by Crippen LogP contribution is -2.62. The lowest BCUT2D eigenvalue weighted by molar-refractivity contribution is -0.182. The summed E-state index contributed by atoms with van der Waals surface area (Å²) in [5, 5.41) is 0. The quantitative estimate of drug-likeness (QED) is 0.606. The fourth-order valence-corrected chi connectivity index (χ4v) is 5.36. The van der Waals surface area contributed by atoms with E-state index in [0.29, 0.717) is 28.4 Å². The number of hydrogen-bond acceptors (Lipinski definition) is 1. The van der Waals surface area contributed by atoms with E-state index >= 15 is 0 Å². The van der Waals surface area contributed by atoms with Gasteiger partial charge in [-0.05, 0) is 48.3 Å². The van der Waals surface area contributed by atoms with Crippen LogP contribution in [0.15, 0.2) is 0 Å². The van der Waals surface area contributed by atoms with Crippen LogP contribution in [-0.4, -0.2) is 5.78 Å². The van der Waals surface area contributed by atoms with E-state index in [1.54, 1.807) is 0 Å². The van der Waals surface area contributed by atoms with Gasteiger partial charge in [0.2, 0.25) is 0 Å². The normalized spacial score (nSPS) is 47.2. The summed E-state index contributed by atoms with van der Waals surface area (Å²) < 4.78 is 0. The van der Waals surface area contributed by atoms with Gasteiger partial charge in [-0.2, -0.15) is 0 Å². The Hall–Kier alpha value is -0.330. The van der Waals surface area contributed by atoms with Crippen LogP contribution in [0.4, 0.5) is 0 Å². The van der Waals surface area contributed by atoms with E-state index in [-0.39, 0.29) is 0 Å². The van der Waals surface area contributed by atoms with Crippen LogP contribution in [0.25, 0.3) is 0 Å². The molecule has 3 saturated carbocycles. The molecule has 0 aromatic heterocycles. The van der Waals surface area contributed by atoms with Gasteiger partial charge in [-0.1, -0.05) is 27.2 Å². The monoisotopic (exact) mass is 220 g/mol. The van der Waals surface area contributed by atoms with Crippen molar-refractivity contribution in [2.75, 3.05) is 0 Å². The zero-order valence-electron chi connectivity index (χ0n) is 10.9. The zero-order valence-corrected chi connectivity index (χ0v) is 10.9. The first-order valence-electron chi connectivity index (χ1n) is 6.99. The number of rotatable bonds is 0. The Morgan fingerprint density at radius 3 is 2.56 bits per heavy atom. The zero-order chi connectivity index (χ0) is 11.6. The molecule has 3 aliphatic carbocycles. The molecular weight excluding hydrogens is 196 g/mol. The number of carbonyl (C=O) groups excluding carboxylic acids is 1. The molecule has 3 fully saturated rings. The number of hydrogen-bond donors (Lipinski definition) is 0. The largest absolute Gasteiger partial charge is 0.299 e. The van der Waals surface area contributed by atoms with E-state index in [2.05, 4.69) is 20.8 Å². The summed E-state index contributed by atoms with van der Waals surface area (Å²) in [6.45, 7) is 7.01. The molecule has 1 nitrogen and oxygen atoms in total. The third kappa shape index (κ3) is 1.15. The van der Waals surface area contributed by atoms with Crippen LogP contribution in [0.3, 0.4) is 0 Å². The van der Waals surface area contributed by atoms with Crippen molar-refractivity contribution in [1.82, 2.24) is 0 Å². The SMILES string of the molecule is CC(C)(C)[C@@H]1[C@@H]2CCC[C@@]23CCCC(=O)[C@@H]13. The maximum Gasteiger partial charge on any atom is 0.136 e. The molecule has 0 heterocycles. The van der Waals surface area contributed by atoms with Gasteiger partial charge in [0, 0.05) is 12.3 Å². The third-order valence-corrected chi connectivity index (χ3v) is 5.72. The number of ketones is 1. The summed E-state index contributed by atoms with van der Waals surface area (Å²) in [6, 6.07) is 0. The highest BCUT2D eigenvalue weighted by Crippen LogP contribution is 2.72. The molecule has 1 spiro atoms. The molecule has 1 heteroatoms. The first-order chi connectivity index (χ1) is 7.47. The maximum atomic E-state index is 12.3. The van der Waals surface area contributed by atoms with Crippen molar-refractivity contribution in [1.29, 1.82) is 0 Å². The van der Waals surface area contributed by atoms with Gasteiger partial charge in [0.05, 0.1) is 0 Å². The van der Waals surface area contributed by atoms with Crippen molar-refractivity contribution in [2.45, 2.75) is 59.3 Å². The molecule has 0 saturated heterocycles. The van der Waals surface area contributed by atoms with Crippen LogP contribution in [0.2, 0.25) is 0 Å². The van der Waals surface area contributed by atoms with Crippen LogP contribution in [0, 0.1) is 28.6 Å². The maximum absolute atomic E-state index is 12.3. The Kier molecular flexibility index (Phi) is 2.10. The molecule has 0 bridgehead atoms. The van der Waals surface area contributed by atoms with Crippen LogP contribution in [0.5, 0.6) is 0 Å². The second-order valence-electron chi connectivity index (χ2n) is 7.42. The smallest absolute Gasteiger partial charge is 0.136 e. The Bertz CT molecular complexity index is 325. The van der Waals surface area contributed by atoms with Crippen molar-refractivity contribution in [3.63, 3.8) is 0 Å². The van der Waals surface area contributed by atoms with Gasteiger partial charge in [0.25, 0.3) is 0 Å². The van der Waals surface area contributed by atoms with E-state index in [0.717, 1.165) is 12.3 Å². The Morgan fingerprint density at radius 1 is 1.19 bits per heavy atom. The molecule has 90 valence electrons. The van der Waals surface area contributed by atoms with Gasteiger partial charge in [0.15, 0.2) is 0 Å². The van der Waals surface area contributed by atoms with Gasteiger partial charge in [0.1, 0.15) is 5.78 Å². The van der Waals surface area contributed by atoms with Crippen LogP contribution in [-0.2, 0) is 4.79 Å². The highest BCUT2D eigenvalue weighted by atomic mass is 16.1. The summed E-state index contributed by atoms with van der Waals surface area (Å²) in [4.78, 5) is 12.3. The average Bonchev–Trinajstić information content (AvgIpc) is 2.45. The van der Waals surface area contributed by atoms with Gasteiger partial charge in [-0.15, -0.1) is 0 Å². The lowest BCUT2D eigenvalue weighted by Gasteiger charge is -2.64. The summed E-state index contributed by atoms with van der Waals surface area (Å²) in [7, 11) is 0. The minimum absolute atomic E-state index is 0.330. The van der Waals surface area contributed by atoms with Crippen LogP contribution in [0.1, 0.15) is 59.3 Å². The molecule has 0 aromatic carbocycles. The van der Waals surface area contributed by atoms with Crippen molar-refractivity contribution in [3.8, 4) is 0 Å². The predicted molar refractivity (Wildman–Crippen MR) is 65.1 cm³/mol. The number of carbonyl (C=O) groups is 1. The van der Waals surface area contributed by atoms with E-state index in [4.69, 9.17) is 0 Å². The van der Waals surface area contributed by atoms with E-state index < -0.39 is 0 Å². The van der Waals surface area contributed by atoms with Crippen molar-refractivity contribution >= 4 is 5.78 Å². The van der Waals surface area contributed by atoms with Crippen molar-refractivity contribution < 1.29 is 4.79 Å². The van der Waals surface area contributed by atoms with Gasteiger partial charge < -0.3 is 0 Å². The fourth-order valence-electron chi connectivity index (χ4n) is 5.36. The first-order valence-corrected chi connectivity index (χ1v) is 6.99. The van der Waals surface area contributed by atoms with Crippen molar-refractivity contribution in [2.24, 2.45) is 28.6 Å². The second-order valence-corrected chi connectivity index (χ2v) is 7.42. The molecule has 0 aliphatic heterocycles. The fraction of sp³-hybridized carbons (Fsp3) is 0.933. The minimum atomic E-state index is 0.330. The highest BCUT2D eigenvalue weighted by molar-refractivity contribution is 5.84. The number of Topliss-reactive ketones (excluding diaryl/α,β-unsaturated/α-hetero) is 1. The molecule has 3 rings (SSSR count). The average molecular weight is 220 g/mol. The molecule has 4 atom stereocenters. The summed E-state index contributed by atoms with van der Waals surface area (Å²) in [5.74, 6) is 2.60. The molecule has 0 N–H and O–H groups in total.